The maximum absolute atomic E-state index is 14.2. The average Bonchev–Trinajstić information content (AvgIpc) is 4.42. The van der Waals surface area contributed by atoms with Crippen LogP contribution in [0.2, 0.25) is 0 Å². The van der Waals surface area contributed by atoms with E-state index in [1.54, 1.807) is 0 Å². The predicted octanol–water partition coefficient (Wildman–Crippen LogP) is 18.2. The molecule has 366 valence electrons. The van der Waals surface area contributed by atoms with E-state index in [0.29, 0.717) is 27.8 Å². The summed E-state index contributed by atoms with van der Waals surface area (Å²) in [6.45, 7) is 0. The molecule has 4 heterocycles. The van der Waals surface area contributed by atoms with Crippen LogP contribution < -0.4 is 0 Å². The van der Waals surface area contributed by atoms with Gasteiger partial charge in [-0.1, -0.05) is 121 Å². The molecule has 0 amide bonds. The lowest BCUT2D eigenvalue weighted by atomic mass is 9.92. The molecule has 0 saturated heterocycles. The topological polar surface area (TPSA) is 67.3 Å². The minimum absolute atomic E-state index is 0.106. The number of nitriles is 2. The number of halogens is 3. The van der Waals surface area contributed by atoms with E-state index in [2.05, 4.69) is 188 Å². The third-order valence-corrected chi connectivity index (χ3v) is 15.7. The first-order chi connectivity index (χ1) is 38.2. The number of fused-ring (bicyclic) bond motifs is 12. The van der Waals surface area contributed by atoms with E-state index in [-0.39, 0.29) is 5.56 Å². The van der Waals surface area contributed by atoms with Gasteiger partial charge >= 0.3 is 6.18 Å². The van der Waals surface area contributed by atoms with Gasteiger partial charge in [-0.2, -0.15) is 23.7 Å². The van der Waals surface area contributed by atoms with E-state index in [9.17, 15) is 23.7 Å². The molecule has 0 spiro atoms. The Bertz CT molecular complexity index is 5020. The smallest absolute Gasteiger partial charge is 0.309 e. The molecule has 78 heavy (non-hydrogen) atoms. The Hall–Kier alpha value is -10.6. The molecule has 0 radical (unpaired) electrons. The summed E-state index contributed by atoms with van der Waals surface area (Å²) >= 11 is 0. The summed E-state index contributed by atoms with van der Waals surface area (Å²) in [4.78, 5) is 0. The molecule has 0 aliphatic carbocycles. The second-order valence-electron chi connectivity index (χ2n) is 19.8. The van der Waals surface area contributed by atoms with Crippen molar-refractivity contribution >= 4 is 87.2 Å². The van der Waals surface area contributed by atoms with Crippen LogP contribution in [0.15, 0.2) is 237 Å². The number of benzene rings is 11. The van der Waals surface area contributed by atoms with E-state index >= 15 is 0 Å². The molecule has 15 aromatic rings. The second kappa shape index (κ2) is 17.0. The molecule has 0 unspecified atom stereocenters. The highest BCUT2D eigenvalue weighted by atomic mass is 19.4. The molecular weight excluding hydrogens is 970 g/mol. The van der Waals surface area contributed by atoms with Crippen molar-refractivity contribution in [3.05, 3.63) is 253 Å². The number of hydrogen-bond acceptors (Lipinski definition) is 2. The summed E-state index contributed by atoms with van der Waals surface area (Å²) in [5, 5.41) is 29.9. The standard InChI is InChI=1S/C69H39F3N6/c70-69(71,72)45-27-30-48(44(36-45)41-74)43-26-32-66(78-64-24-12-6-18-54(64)58-39-47(29-34-68(58)78)76-61-21-9-3-15-51(61)52-16-4-10-22-62(52)76)56(37-43)55-35-42(40-73)25-31-65(55)77-63-23-11-5-17-53(63)57-38-46(28-33-67(57)77)75-59-19-7-1-13-49(59)50-14-2-8-20-60(50)75/h1-39H. The monoisotopic (exact) mass is 1010 g/mol. The van der Waals surface area contributed by atoms with Gasteiger partial charge in [-0.05, 0) is 126 Å². The first kappa shape index (κ1) is 44.8. The summed E-state index contributed by atoms with van der Waals surface area (Å²) in [5.41, 5.74) is 13.4. The fraction of sp³-hybridized carbons (Fsp3) is 0.0145. The van der Waals surface area contributed by atoms with Crippen LogP contribution in [0, 0.1) is 22.7 Å². The molecule has 15 rings (SSSR count). The molecule has 0 fully saturated rings. The Balaban J connectivity index is 1.00. The predicted molar refractivity (Wildman–Crippen MR) is 309 cm³/mol. The molecule has 0 saturated carbocycles. The van der Waals surface area contributed by atoms with Crippen LogP contribution in [0.4, 0.5) is 13.2 Å². The van der Waals surface area contributed by atoms with Crippen molar-refractivity contribution in [1.82, 2.24) is 18.3 Å². The van der Waals surface area contributed by atoms with Crippen molar-refractivity contribution in [1.29, 1.82) is 10.5 Å². The van der Waals surface area contributed by atoms with Crippen LogP contribution in [0.5, 0.6) is 0 Å². The number of hydrogen-bond donors (Lipinski definition) is 0. The zero-order valence-electron chi connectivity index (χ0n) is 41.3. The quantitative estimate of drug-likeness (QED) is 0.167. The van der Waals surface area contributed by atoms with Crippen LogP contribution in [0.25, 0.3) is 132 Å². The van der Waals surface area contributed by atoms with Crippen LogP contribution in [-0.4, -0.2) is 18.3 Å². The fourth-order valence-electron chi connectivity index (χ4n) is 12.3. The second-order valence-corrected chi connectivity index (χ2v) is 19.8. The van der Waals surface area contributed by atoms with Gasteiger partial charge in [0, 0.05) is 65.6 Å². The van der Waals surface area contributed by atoms with Crippen LogP contribution in [0.1, 0.15) is 16.7 Å². The Morgan fingerprint density at radius 1 is 0.308 bits per heavy atom. The molecule has 0 bridgehead atoms. The summed E-state index contributed by atoms with van der Waals surface area (Å²) in [6, 6.07) is 82.9. The van der Waals surface area contributed by atoms with Gasteiger partial charge in [-0.3, -0.25) is 0 Å². The number of nitrogens with zero attached hydrogens (tertiary/aromatic N) is 6. The minimum atomic E-state index is -4.64. The lowest BCUT2D eigenvalue weighted by molar-refractivity contribution is -0.137. The normalized spacial score (nSPS) is 12.0. The van der Waals surface area contributed by atoms with Crippen molar-refractivity contribution in [3.63, 3.8) is 0 Å². The van der Waals surface area contributed by atoms with E-state index in [1.807, 2.05) is 60.7 Å². The van der Waals surface area contributed by atoms with Crippen molar-refractivity contribution in [3.8, 4) is 57.1 Å². The first-order valence-electron chi connectivity index (χ1n) is 25.6. The Labute approximate surface area is 443 Å². The lowest BCUT2D eigenvalue weighted by Crippen LogP contribution is -2.05. The van der Waals surface area contributed by atoms with Gasteiger partial charge in [0.2, 0.25) is 0 Å². The number of aromatic nitrogens is 4. The van der Waals surface area contributed by atoms with Crippen molar-refractivity contribution in [2.24, 2.45) is 0 Å². The number of alkyl halides is 3. The lowest BCUT2D eigenvalue weighted by Gasteiger charge is -2.20. The van der Waals surface area contributed by atoms with Gasteiger partial charge in [0.15, 0.2) is 0 Å². The van der Waals surface area contributed by atoms with Crippen molar-refractivity contribution < 1.29 is 13.2 Å². The molecule has 0 N–H and O–H groups in total. The zero-order valence-corrected chi connectivity index (χ0v) is 41.3. The van der Waals surface area contributed by atoms with Gasteiger partial charge in [0.05, 0.1) is 84.3 Å². The van der Waals surface area contributed by atoms with Crippen molar-refractivity contribution in [2.75, 3.05) is 0 Å². The first-order valence-corrected chi connectivity index (χ1v) is 25.6. The Kier molecular flexibility index (Phi) is 9.75. The van der Waals surface area contributed by atoms with Gasteiger partial charge in [0.1, 0.15) is 0 Å². The van der Waals surface area contributed by atoms with E-state index < -0.39 is 11.7 Å². The molecule has 6 nitrogen and oxygen atoms in total. The summed E-state index contributed by atoms with van der Waals surface area (Å²) in [5.74, 6) is 0. The largest absolute Gasteiger partial charge is 0.416 e. The maximum atomic E-state index is 14.2. The van der Waals surface area contributed by atoms with Gasteiger partial charge in [-0.25, -0.2) is 0 Å². The molecule has 9 heteroatoms. The summed E-state index contributed by atoms with van der Waals surface area (Å²) in [6.07, 6.45) is -4.64. The van der Waals surface area contributed by atoms with Crippen LogP contribution in [0.3, 0.4) is 0 Å². The summed E-state index contributed by atoms with van der Waals surface area (Å²) < 4.78 is 51.6. The average molecular weight is 1010 g/mol. The number of para-hydroxylation sites is 6. The highest BCUT2D eigenvalue weighted by molar-refractivity contribution is 6.15. The third kappa shape index (κ3) is 6.62. The van der Waals surface area contributed by atoms with Crippen LogP contribution >= 0.6 is 0 Å². The van der Waals surface area contributed by atoms with E-state index in [1.165, 1.54) is 16.8 Å². The molecule has 0 aliphatic heterocycles. The highest BCUT2D eigenvalue weighted by Gasteiger charge is 2.32. The SMILES string of the molecule is N#Cc1ccc(-n2c3ccccc3c3cc(-n4c5ccccc5c5ccccc54)ccc32)c(-c2cc(-c3ccc(C(F)(F)F)cc3C#N)ccc2-n2c3ccccc3c3cc(-n4c5ccccc5c5ccccc54)ccc32)c1. The van der Waals surface area contributed by atoms with Gasteiger partial charge in [-0.15, -0.1) is 0 Å². The highest BCUT2D eigenvalue weighted by Crippen LogP contribution is 2.45. The summed E-state index contributed by atoms with van der Waals surface area (Å²) in [7, 11) is 0. The number of rotatable bonds is 6. The molecule has 0 atom stereocenters. The maximum Gasteiger partial charge on any atom is 0.416 e. The molecule has 0 aliphatic rings. The Morgan fingerprint density at radius 2 is 0.692 bits per heavy atom. The molecule has 4 aromatic heterocycles. The van der Waals surface area contributed by atoms with Crippen molar-refractivity contribution in [2.45, 2.75) is 6.18 Å². The Morgan fingerprint density at radius 3 is 1.12 bits per heavy atom. The van der Waals surface area contributed by atoms with E-state index in [4.69, 9.17) is 0 Å². The zero-order chi connectivity index (χ0) is 52.4. The minimum Gasteiger partial charge on any atom is -0.309 e. The van der Waals surface area contributed by atoms with E-state index in [0.717, 1.165) is 111 Å². The van der Waals surface area contributed by atoms with Crippen LogP contribution in [-0.2, 0) is 6.18 Å². The van der Waals surface area contributed by atoms with Gasteiger partial charge in [0.25, 0.3) is 0 Å². The fourth-order valence-corrected chi connectivity index (χ4v) is 12.3. The molecule has 11 aromatic carbocycles. The van der Waals surface area contributed by atoms with Gasteiger partial charge < -0.3 is 18.3 Å². The third-order valence-electron chi connectivity index (χ3n) is 15.7. The molecular formula is C69H39F3N6.